The van der Waals surface area contributed by atoms with Crippen molar-refractivity contribution in [1.29, 1.82) is 0 Å². The maximum Gasteiger partial charge on any atom is 0.410 e. The smallest absolute Gasteiger partial charge is 0.410 e. The van der Waals surface area contributed by atoms with Gasteiger partial charge in [0.2, 0.25) is 0 Å². The number of allylic oxidation sites excluding steroid dienone is 1. The van der Waals surface area contributed by atoms with E-state index in [1.165, 1.54) is 0 Å². The van der Waals surface area contributed by atoms with Crippen LogP contribution in [0.2, 0.25) is 25.7 Å². The molecule has 0 radical (unpaired) electrons. The number of piperidine rings is 1. The largest absolute Gasteiger partial charge is 0.450 e. The molecular weight excluding hydrogens is 318 g/mol. The quantitative estimate of drug-likeness (QED) is 0.518. The van der Waals surface area contributed by atoms with Crippen LogP contribution < -0.4 is 0 Å². The summed E-state index contributed by atoms with van der Waals surface area (Å²) in [4.78, 5) is 27.2. The first-order valence-corrected chi connectivity index (χ1v) is 13.1. The van der Waals surface area contributed by atoms with Gasteiger partial charge in [0.15, 0.2) is 0 Å². The molecule has 24 heavy (non-hydrogen) atoms. The number of ketones is 1. The van der Waals surface area contributed by atoms with Crippen molar-refractivity contribution in [3.8, 4) is 0 Å². The van der Waals surface area contributed by atoms with Crippen molar-refractivity contribution in [2.24, 2.45) is 5.92 Å². The summed E-state index contributed by atoms with van der Waals surface area (Å²) < 4.78 is 5.63. The maximum absolute atomic E-state index is 12.8. The molecule has 2 rings (SSSR count). The van der Waals surface area contributed by atoms with Gasteiger partial charge >= 0.3 is 6.09 Å². The van der Waals surface area contributed by atoms with Gasteiger partial charge in [-0.3, -0.25) is 4.79 Å². The lowest BCUT2D eigenvalue weighted by molar-refractivity contribution is -0.137. The number of ether oxygens (including phenoxy) is 1. The third-order valence-electron chi connectivity index (χ3n) is 5.59. The average Bonchev–Trinajstić information content (AvgIpc) is 2.52. The molecule has 0 bridgehead atoms. The maximum atomic E-state index is 12.8. The van der Waals surface area contributed by atoms with Crippen LogP contribution in [-0.2, 0) is 9.53 Å². The Hall–Kier alpha value is -1.10. The summed E-state index contributed by atoms with van der Waals surface area (Å²) in [7, 11) is -1.22. The normalized spacial score (nSPS) is 27.5. The van der Waals surface area contributed by atoms with Crippen LogP contribution in [0.3, 0.4) is 0 Å². The molecule has 1 saturated heterocycles. The number of rotatable bonds is 6. The van der Waals surface area contributed by atoms with Gasteiger partial charge in [-0.15, -0.1) is 6.58 Å². The molecule has 0 N–H and O–H groups in total. The SMILES string of the molecule is C=CCC[C@]12CCCC[C@@H]1C(=O)CCN2C(=O)OCC[Si](C)(C)C. The molecule has 0 aromatic rings. The topological polar surface area (TPSA) is 46.6 Å². The highest BCUT2D eigenvalue weighted by Gasteiger charge is 2.52. The monoisotopic (exact) mass is 351 g/mol. The zero-order valence-electron chi connectivity index (χ0n) is 15.6. The van der Waals surface area contributed by atoms with Gasteiger partial charge in [-0.2, -0.15) is 0 Å². The molecule has 1 heterocycles. The van der Waals surface area contributed by atoms with E-state index in [1.54, 1.807) is 0 Å². The van der Waals surface area contributed by atoms with Crippen molar-refractivity contribution in [2.45, 2.75) is 76.2 Å². The Morgan fingerprint density at radius 1 is 1.42 bits per heavy atom. The summed E-state index contributed by atoms with van der Waals surface area (Å²) in [5.74, 6) is 0.328. The third kappa shape index (κ3) is 4.29. The summed E-state index contributed by atoms with van der Waals surface area (Å²) >= 11 is 0. The average molecular weight is 352 g/mol. The lowest BCUT2D eigenvalue weighted by Gasteiger charge is -2.53. The number of hydrogen-bond donors (Lipinski definition) is 0. The Kier molecular flexibility index (Phi) is 6.29. The van der Waals surface area contributed by atoms with E-state index in [4.69, 9.17) is 4.74 Å². The van der Waals surface area contributed by atoms with Crippen molar-refractivity contribution < 1.29 is 14.3 Å². The highest BCUT2D eigenvalue weighted by atomic mass is 28.3. The molecule has 0 spiro atoms. The first-order chi connectivity index (χ1) is 11.3. The molecule has 5 heteroatoms. The minimum Gasteiger partial charge on any atom is -0.450 e. The van der Waals surface area contributed by atoms with Gasteiger partial charge in [0, 0.05) is 27.0 Å². The number of Topliss-reactive ketones (excluding diaryl/α,β-unsaturated/α-hetero) is 1. The summed E-state index contributed by atoms with van der Waals surface area (Å²) in [6.45, 7) is 11.7. The van der Waals surface area contributed by atoms with Crippen LogP contribution in [0.5, 0.6) is 0 Å². The van der Waals surface area contributed by atoms with Gasteiger partial charge in [0.05, 0.1) is 12.1 Å². The van der Waals surface area contributed by atoms with Crippen LogP contribution in [0.25, 0.3) is 0 Å². The van der Waals surface area contributed by atoms with Gasteiger partial charge in [-0.05, 0) is 31.7 Å². The van der Waals surface area contributed by atoms with E-state index in [0.717, 1.165) is 44.6 Å². The lowest BCUT2D eigenvalue weighted by atomic mass is 9.65. The fourth-order valence-corrected chi connectivity index (χ4v) is 4.92. The van der Waals surface area contributed by atoms with Crippen LogP contribution >= 0.6 is 0 Å². The van der Waals surface area contributed by atoms with Crippen LogP contribution in [0.4, 0.5) is 4.79 Å². The predicted molar refractivity (Wildman–Crippen MR) is 100.0 cm³/mol. The highest BCUT2D eigenvalue weighted by molar-refractivity contribution is 6.76. The van der Waals surface area contributed by atoms with E-state index < -0.39 is 8.07 Å². The van der Waals surface area contributed by atoms with Crippen molar-refractivity contribution in [2.75, 3.05) is 13.2 Å². The Labute approximate surface area is 147 Å². The van der Waals surface area contributed by atoms with E-state index in [9.17, 15) is 9.59 Å². The van der Waals surface area contributed by atoms with Gasteiger partial charge in [-0.25, -0.2) is 4.79 Å². The Balaban J connectivity index is 2.14. The molecule has 136 valence electrons. The Morgan fingerprint density at radius 2 is 2.17 bits per heavy atom. The molecule has 4 nitrogen and oxygen atoms in total. The molecule has 1 saturated carbocycles. The molecule has 0 aromatic carbocycles. The second kappa shape index (κ2) is 7.85. The fraction of sp³-hybridized carbons (Fsp3) is 0.789. The Morgan fingerprint density at radius 3 is 2.83 bits per heavy atom. The van der Waals surface area contributed by atoms with Gasteiger partial charge in [0.1, 0.15) is 5.78 Å². The number of carbonyl (C=O) groups excluding carboxylic acids is 2. The van der Waals surface area contributed by atoms with Crippen molar-refractivity contribution >= 4 is 20.0 Å². The summed E-state index contributed by atoms with van der Waals surface area (Å²) in [6, 6.07) is 0.981. The number of hydrogen-bond acceptors (Lipinski definition) is 3. The van der Waals surface area contributed by atoms with Crippen molar-refractivity contribution in [3.63, 3.8) is 0 Å². The predicted octanol–water partition coefficient (Wildman–Crippen LogP) is 4.63. The van der Waals surface area contributed by atoms with E-state index in [1.807, 2.05) is 11.0 Å². The Bertz CT molecular complexity index is 485. The molecule has 1 aliphatic heterocycles. The molecule has 2 aliphatic rings. The molecule has 2 atom stereocenters. The molecule has 0 aromatic heterocycles. The summed E-state index contributed by atoms with van der Waals surface area (Å²) in [6.07, 6.45) is 7.83. The minimum absolute atomic E-state index is 0.00973. The summed E-state index contributed by atoms with van der Waals surface area (Å²) in [5.41, 5.74) is -0.335. The van der Waals surface area contributed by atoms with E-state index in [0.29, 0.717) is 25.4 Å². The molecule has 2 fully saturated rings. The molecular formula is C19H33NO3Si. The van der Waals surface area contributed by atoms with Crippen molar-refractivity contribution in [3.05, 3.63) is 12.7 Å². The van der Waals surface area contributed by atoms with Crippen LogP contribution in [0.1, 0.15) is 44.9 Å². The fourth-order valence-electron chi connectivity index (χ4n) is 4.21. The minimum atomic E-state index is -1.22. The summed E-state index contributed by atoms with van der Waals surface area (Å²) in [5, 5.41) is 0. The molecule has 1 aliphatic carbocycles. The van der Waals surface area contributed by atoms with E-state index >= 15 is 0 Å². The van der Waals surface area contributed by atoms with E-state index in [2.05, 4.69) is 26.2 Å². The van der Waals surface area contributed by atoms with Crippen LogP contribution in [0, 0.1) is 5.92 Å². The number of carbonyl (C=O) groups is 2. The molecule has 1 amide bonds. The second-order valence-corrected chi connectivity index (χ2v) is 14.1. The zero-order valence-corrected chi connectivity index (χ0v) is 16.6. The number of amides is 1. The van der Waals surface area contributed by atoms with Crippen LogP contribution in [-0.4, -0.2) is 43.5 Å². The van der Waals surface area contributed by atoms with Gasteiger partial charge < -0.3 is 9.64 Å². The number of fused-ring (bicyclic) bond motifs is 1. The number of nitrogens with zero attached hydrogens (tertiary/aromatic N) is 1. The first-order valence-electron chi connectivity index (χ1n) is 9.38. The van der Waals surface area contributed by atoms with E-state index in [-0.39, 0.29) is 17.6 Å². The van der Waals surface area contributed by atoms with Crippen LogP contribution in [0.15, 0.2) is 12.7 Å². The second-order valence-electron chi connectivity index (χ2n) is 8.52. The third-order valence-corrected chi connectivity index (χ3v) is 7.29. The first kappa shape index (κ1) is 19.2. The van der Waals surface area contributed by atoms with Gasteiger partial charge in [-0.1, -0.05) is 38.6 Å². The van der Waals surface area contributed by atoms with Crippen molar-refractivity contribution in [1.82, 2.24) is 4.90 Å². The van der Waals surface area contributed by atoms with Gasteiger partial charge in [0.25, 0.3) is 0 Å². The molecule has 0 unspecified atom stereocenters. The zero-order chi connectivity index (χ0) is 17.8. The lowest BCUT2D eigenvalue weighted by Crippen LogP contribution is -2.63. The number of likely N-dealkylation sites (tertiary alicyclic amines) is 1. The highest BCUT2D eigenvalue weighted by Crippen LogP contribution is 2.45. The standard InChI is InChI=1S/C19H33NO3Si/c1-5-6-11-19-12-8-7-9-16(19)17(21)10-13-20(19)18(22)23-14-15-24(2,3)4/h5,16H,1,6-15H2,2-4H3/t16-,19+/m1/s1.